The standard InChI is InChI=1S/C10H11F2NO2/c1-13(15-2)10(14)6-7-8(11)4-3-5-9(7)12/h3-5H,6H2,1-2H3. The van der Waals surface area contributed by atoms with Crippen molar-refractivity contribution in [3.8, 4) is 0 Å². The average molecular weight is 215 g/mol. The maximum atomic E-state index is 13.1. The highest BCUT2D eigenvalue weighted by molar-refractivity contribution is 5.77. The summed E-state index contributed by atoms with van der Waals surface area (Å²) < 4.78 is 26.3. The van der Waals surface area contributed by atoms with Crippen LogP contribution in [-0.4, -0.2) is 25.1 Å². The van der Waals surface area contributed by atoms with Crippen LogP contribution in [0.2, 0.25) is 0 Å². The molecule has 15 heavy (non-hydrogen) atoms. The maximum Gasteiger partial charge on any atom is 0.250 e. The highest BCUT2D eigenvalue weighted by Gasteiger charge is 2.15. The van der Waals surface area contributed by atoms with Crippen LogP contribution in [0.4, 0.5) is 8.78 Å². The summed E-state index contributed by atoms with van der Waals surface area (Å²) >= 11 is 0. The number of hydrogen-bond acceptors (Lipinski definition) is 2. The largest absolute Gasteiger partial charge is 0.275 e. The number of amides is 1. The first-order valence-electron chi connectivity index (χ1n) is 4.29. The van der Waals surface area contributed by atoms with Crippen LogP contribution in [0.25, 0.3) is 0 Å². The number of carbonyl (C=O) groups excluding carboxylic acids is 1. The summed E-state index contributed by atoms with van der Waals surface area (Å²) in [6.07, 6.45) is -0.358. The van der Waals surface area contributed by atoms with Crippen molar-refractivity contribution in [2.45, 2.75) is 6.42 Å². The Hall–Kier alpha value is -1.49. The first-order chi connectivity index (χ1) is 7.06. The van der Waals surface area contributed by atoms with Crippen molar-refractivity contribution in [1.29, 1.82) is 0 Å². The fraction of sp³-hybridized carbons (Fsp3) is 0.300. The van der Waals surface area contributed by atoms with E-state index in [9.17, 15) is 13.6 Å². The lowest BCUT2D eigenvalue weighted by Gasteiger charge is -2.13. The molecule has 0 aliphatic rings. The summed E-state index contributed by atoms with van der Waals surface area (Å²) in [5, 5.41) is 0.922. The Kier molecular flexibility index (Phi) is 3.74. The third-order valence-electron chi connectivity index (χ3n) is 2.01. The van der Waals surface area contributed by atoms with Crippen LogP contribution in [-0.2, 0) is 16.1 Å². The lowest BCUT2D eigenvalue weighted by molar-refractivity contribution is -0.167. The number of rotatable bonds is 3. The van der Waals surface area contributed by atoms with Gasteiger partial charge in [-0.1, -0.05) is 6.07 Å². The van der Waals surface area contributed by atoms with Gasteiger partial charge in [-0.2, -0.15) is 0 Å². The van der Waals surface area contributed by atoms with E-state index in [1.165, 1.54) is 20.2 Å². The molecule has 0 aliphatic carbocycles. The molecule has 3 nitrogen and oxygen atoms in total. The van der Waals surface area contributed by atoms with Crippen molar-refractivity contribution in [3.63, 3.8) is 0 Å². The van der Waals surface area contributed by atoms with Gasteiger partial charge in [0.1, 0.15) is 11.6 Å². The molecule has 0 spiro atoms. The number of hydrogen-bond donors (Lipinski definition) is 0. The van der Waals surface area contributed by atoms with E-state index in [2.05, 4.69) is 4.84 Å². The fourth-order valence-electron chi connectivity index (χ4n) is 1.07. The van der Waals surface area contributed by atoms with E-state index in [1.807, 2.05) is 0 Å². The molecule has 1 aromatic carbocycles. The normalized spacial score (nSPS) is 10.1. The monoisotopic (exact) mass is 215 g/mol. The third kappa shape index (κ3) is 2.73. The topological polar surface area (TPSA) is 29.5 Å². The predicted molar refractivity (Wildman–Crippen MR) is 49.8 cm³/mol. The van der Waals surface area contributed by atoms with E-state index in [4.69, 9.17) is 0 Å². The lowest BCUT2D eigenvalue weighted by atomic mass is 10.1. The molecular formula is C10H11F2NO2. The van der Waals surface area contributed by atoms with Gasteiger partial charge in [0, 0.05) is 12.6 Å². The molecule has 1 amide bonds. The Labute approximate surface area is 86.2 Å². The molecule has 1 rings (SSSR count). The van der Waals surface area contributed by atoms with Crippen LogP contribution < -0.4 is 0 Å². The van der Waals surface area contributed by atoms with Crippen molar-refractivity contribution in [3.05, 3.63) is 35.4 Å². The van der Waals surface area contributed by atoms with Crippen LogP contribution >= 0.6 is 0 Å². The molecule has 5 heteroatoms. The molecule has 0 bridgehead atoms. The molecule has 0 saturated carbocycles. The van der Waals surface area contributed by atoms with E-state index in [0.29, 0.717) is 0 Å². The zero-order chi connectivity index (χ0) is 11.4. The third-order valence-corrected chi connectivity index (χ3v) is 2.01. The molecule has 1 aromatic rings. The zero-order valence-electron chi connectivity index (χ0n) is 8.46. The number of likely N-dealkylation sites (N-methyl/N-ethyl adjacent to an activating group) is 1. The summed E-state index contributed by atoms with van der Waals surface area (Å²) in [7, 11) is 2.68. The van der Waals surface area contributed by atoms with Gasteiger partial charge in [-0.25, -0.2) is 13.8 Å². The van der Waals surface area contributed by atoms with Crippen molar-refractivity contribution in [2.24, 2.45) is 0 Å². The van der Waals surface area contributed by atoms with E-state index < -0.39 is 17.5 Å². The van der Waals surface area contributed by atoms with Gasteiger partial charge < -0.3 is 0 Å². The molecule has 0 N–H and O–H groups in total. The quantitative estimate of drug-likeness (QED) is 0.715. The van der Waals surface area contributed by atoms with Crippen molar-refractivity contribution in [1.82, 2.24) is 5.06 Å². The van der Waals surface area contributed by atoms with Gasteiger partial charge in [0.05, 0.1) is 13.5 Å². The van der Waals surface area contributed by atoms with Crippen LogP contribution in [0.3, 0.4) is 0 Å². The van der Waals surface area contributed by atoms with Crippen LogP contribution in [0.5, 0.6) is 0 Å². The number of nitrogens with zero attached hydrogens (tertiary/aromatic N) is 1. The highest BCUT2D eigenvalue weighted by Crippen LogP contribution is 2.13. The Bertz CT molecular complexity index is 348. The molecule has 0 aliphatic heterocycles. The first kappa shape index (κ1) is 11.6. The number of hydroxylamine groups is 2. The Balaban J connectivity index is 2.85. The van der Waals surface area contributed by atoms with Crippen LogP contribution in [0, 0.1) is 11.6 Å². The van der Waals surface area contributed by atoms with Crippen molar-refractivity contribution >= 4 is 5.91 Å². The zero-order valence-corrected chi connectivity index (χ0v) is 8.46. The molecule has 0 fully saturated rings. The second kappa shape index (κ2) is 4.84. The summed E-state index contributed by atoms with van der Waals surface area (Å²) in [5.41, 5.74) is -0.244. The molecule has 0 heterocycles. The van der Waals surface area contributed by atoms with Gasteiger partial charge >= 0.3 is 0 Å². The smallest absolute Gasteiger partial charge is 0.250 e. The van der Waals surface area contributed by atoms with Gasteiger partial charge in [-0.05, 0) is 12.1 Å². The second-order valence-electron chi connectivity index (χ2n) is 2.95. The maximum absolute atomic E-state index is 13.1. The van der Waals surface area contributed by atoms with E-state index >= 15 is 0 Å². The molecule has 0 saturated heterocycles. The number of halogens is 2. The SMILES string of the molecule is CON(C)C(=O)Cc1c(F)cccc1F. The molecular weight excluding hydrogens is 204 g/mol. The first-order valence-corrected chi connectivity index (χ1v) is 4.29. The summed E-state index contributed by atoms with van der Waals surface area (Å²) in [4.78, 5) is 15.9. The van der Waals surface area contributed by atoms with E-state index in [-0.39, 0.29) is 12.0 Å². The number of benzene rings is 1. The Morgan fingerprint density at radius 2 is 1.93 bits per heavy atom. The predicted octanol–water partition coefficient (Wildman–Crippen LogP) is 1.53. The Morgan fingerprint density at radius 3 is 2.40 bits per heavy atom. The van der Waals surface area contributed by atoms with Gasteiger partial charge in [-0.15, -0.1) is 0 Å². The van der Waals surface area contributed by atoms with E-state index in [1.54, 1.807) is 0 Å². The van der Waals surface area contributed by atoms with Gasteiger partial charge in [0.25, 0.3) is 0 Å². The average Bonchev–Trinajstić information content (AvgIpc) is 2.22. The molecule has 0 radical (unpaired) electrons. The Morgan fingerprint density at radius 1 is 1.40 bits per heavy atom. The second-order valence-corrected chi connectivity index (χ2v) is 2.95. The van der Waals surface area contributed by atoms with Gasteiger partial charge in [0.15, 0.2) is 0 Å². The minimum Gasteiger partial charge on any atom is -0.275 e. The minimum atomic E-state index is -0.729. The van der Waals surface area contributed by atoms with Crippen LogP contribution in [0.15, 0.2) is 18.2 Å². The minimum absolute atomic E-state index is 0.244. The lowest BCUT2D eigenvalue weighted by Crippen LogP contribution is -2.27. The summed E-state index contributed by atoms with van der Waals surface area (Å²) in [6.45, 7) is 0. The molecule has 82 valence electrons. The molecule has 0 atom stereocenters. The molecule has 0 unspecified atom stereocenters. The summed E-state index contributed by atoms with van der Waals surface area (Å²) in [6, 6.07) is 3.47. The molecule has 0 aromatic heterocycles. The van der Waals surface area contributed by atoms with Crippen LogP contribution in [0.1, 0.15) is 5.56 Å². The van der Waals surface area contributed by atoms with E-state index in [0.717, 1.165) is 17.2 Å². The van der Waals surface area contributed by atoms with Gasteiger partial charge in [0.2, 0.25) is 5.91 Å². The highest BCUT2D eigenvalue weighted by atomic mass is 19.1. The van der Waals surface area contributed by atoms with Crippen molar-refractivity contribution in [2.75, 3.05) is 14.2 Å². The fourth-order valence-corrected chi connectivity index (χ4v) is 1.07. The van der Waals surface area contributed by atoms with Crippen molar-refractivity contribution < 1.29 is 18.4 Å². The summed E-state index contributed by atoms with van der Waals surface area (Å²) in [5.74, 6) is -1.97. The number of carbonyl (C=O) groups is 1. The van der Waals surface area contributed by atoms with Gasteiger partial charge in [-0.3, -0.25) is 9.63 Å².